The maximum Gasteiger partial charge on any atom is 0.257 e. The maximum absolute atomic E-state index is 12.7. The predicted molar refractivity (Wildman–Crippen MR) is 71.7 cm³/mol. The second kappa shape index (κ2) is 5.00. The van der Waals surface area contributed by atoms with Crippen LogP contribution in [0.25, 0.3) is 11.0 Å². The van der Waals surface area contributed by atoms with Crippen molar-refractivity contribution in [3.63, 3.8) is 0 Å². The summed E-state index contributed by atoms with van der Waals surface area (Å²) in [4.78, 5) is 24.0. The molecule has 2 aromatic heterocycles. The molecule has 0 aliphatic heterocycles. The molecule has 1 amide bonds. The molecule has 6 heteroatoms. The van der Waals surface area contributed by atoms with E-state index in [4.69, 9.17) is 0 Å². The lowest BCUT2D eigenvalue weighted by Crippen LogP contribution is -2.13. The maximum atomic E-state index is 12.7. The SMILES string of the molecule is O=C(Nc1ccc(F)nc1)c1cccc2nccnc12. The Labute approximate surface area is 113 Å². The largest absolute Gasteiger partial charge is 0.321 e. The van der Waals surface area contributed by atoms with Crippen molar-refractivity contribution >= 4 is 22.6 Å². The first-order chi connectivity index (χ1) is 9.74. The lowest BCUT2D eigenvalue weighted by molar-refractivity contribution is 0.102. The standard InChI is InChI=1S/C14H9FN4O/c15-12-5-4-9(8-18-12)19-14(20)10-2-1-3-11-13(10)17-7-6-16-11/h1-8H,(H,19,20). The van der Waals surface area contributed by atoms with Gasteiger partial charge in [-0.1, -0.05) is 6.07 Å². The van der Waals surface area contributed by atoms with Crippen molar-refractivity contribution in [3.8, 4) is 0 Å². The Hall–Kier alpha value is -2.89. The highest BCUT2D eigenvalue weighted by Gasteiger charge is 2.11. The number of fused-ring (bicyclic) bond motifs is 1. The highest BCUT2D eigenvalue weighted by Crippen LogP contribution is 2.15. The van der Waals surface area contributed by atoms with Crippen LogP contribution in [0, 0.1) is 5.95 Å². The zero-order valence-electron chi connectivity index (χ0n) is 10.2. The van der Waals surface area contributed by atoms with Crippen LogP contribution in [0.4, 0.5) is 10.1 Å². The molecule has 0 radical (unpaired) electrons. The molecule has 0 unspecified atom stereocenters. The molecule has 1 aromatic carbocycles. The van der Waals surface area contributed by atoms with E-state index in [1.165, 1.54) is 24.5 Å². The van der Waals surface area contributed by atoms with Crippen molar-refractivity contribution in [2.75, 3.05) is 5.32 Å². The number of amides is 1. The van der Waals surface area contributed by atoms with Crippen molar-refractivity contribution in [3.05, 3.63) is 60.4 Å². The Kier molecular flexibility index (Phi) is 3.04. The molecule has 0 fully saturated rings. The first kappa shape index (κ1) is 12.2. The van der Waals surface area contributed by atoms with Gasteiger partial charge in [-0.05, 0) is 24.3 Å². The lowest BCUT2D eigenvalue weighted by atomic mass is 10.1. The minimum atomic E-state index is -0.598. The van der Waals surface area contributed by atoms with Gasteiger partial charge in [0.1, 0.15) is 5.52 Å². The van der Waals surface area contributed by atoms with Gasteiger partial charge in [0, 0.05) is 12.4 Å². The zero-order chi connectivity index (χ0) is 13.9. The number of halogens is 1. The Morgan fingerprint density at radius 3 is 2.70 bits per heavy atom. The molecule has 0 bridgehead atoms. The first-order valence-corrected chi connectivity index (χ1v) is 5.87. The van der Waals surface area contributed by atoms with Crippen LogP contribution in [0.1, 0.15) is 10.4 Å². The Bertz CT molecular complexity index is 768. The molecule has 0 aliphatic rings. The van der Waals surface area contributed by atoms with Crippen molar-refractivity contribution in [1.29, 1.82) is 0 Å². The molecule has 0 saturated carbocycles. The molecule has 1 N–H and O–H groups in total. The zero-order valence-corrected chi connectivity index (χ0v) is 10.2. The summed E-state index contributed by atoms with van der Waals surface area (Å²) in [7, 11) is 0. The molecular formula is C14H9FN4O. The van der Waals surface area contributed by atoms with Crippen LogP contribution < -0.4 is 5.32 Å². The molecule has 5 nitrogen and oxygen atoms in total. The number of nitrogens with zero attached hydrogens (tertiary/aromatic N) is 3. The average molecular weight is 268 g/mol. The van der Waals surface area contributed by atoms with Gasteiger partial charge in [-0.15, -0.1) is 0 Å². The minimum Gasteiger partial charge on any atom is -0.321 e. The molecule has 0 spiro atoms. The number of carbonyl (C=O) groups is 1. The molecule has 0 saturated heterocycles. The summed E-state index contributed by atoms with van der Waals surface area (Å²) in [6, 6.07) is 7.78. The molecule has 2 heterocycles. The van der Waals surface area contributed by atoms with Crippen LogP contribution in [0.5, 0.6) is 0 Å². The normalized spacial score (nSPS) is 10.4. The van der Waals surface area contributed by atoms with Gasteiger partial charge in [0.2, 0.25) is 5.95 Å². The topological polar surface area (TPSA) is 67.8 Å². The monoisotopic (exact) mass is 268 g/mol. The van der Waals surface area contributed by atoms with Gasteiger partial charge in [-0.25, -0.2) is 4.98 Å². The Morgan fingerprint density at radius 2 is 1.90 bits per heavy atom. The molecule has 0 atom stereocenters. The second-order valence-corrected chi connectivity index (χ2v) is 4.05. The number of anilines is 1. The number of pyridine rings is 1. The molecule has 3 rings (SSSR count). The van der Waals surface area contributed by atoms with Crippen molar-refractivity contribution in [1.82, 2.24) is 15.0 Å². The molecule has 3 aromatic rings. The first-order valence-electron chi connectivity index (χ1n) is 5.87. The Morgan fingerprint density at radius 1 is 1.05 bits per heavy atom. The van der Waals surface area contributed by atoms with Gasteiger partial charge < -0.3 is 5.32 Å². The number of aromatic nitrogens is 3. The summed E-state index contributed by atoms with van der Waals surface area (Å²) < 4.78 is 12.7. The van der Waals surface area contributed by atoms with E-state index in [1.807, 2.05) is 0 Å². The third-order valence-electron chi connectivity index (χ3n) is 2.73. The summed E-state index contributed by atoms with van der Waals surface area (Å²) >= 11 is 0. The van der Waals surface area contributed by atoms with E-state index >= 15 is 0 Å². The predicted octanol–water partition coefficient (Wildman–Crippen LogP) is 2.42. The second-order valence-electron chi connectivity index (χ2n) is 4.05. The van der Waals surface area contributed by atoms with Crippen molar-refractivity contribution < 1.29 is 9.18 Å². The highest BCUT2D eigenvalue weighted by molar-refractivity contribution is 6.11. The summed E-state index contributed by atoms with van der Waals surface area (Å²) in [5.74, 6) is -0.941. The fourth-order valence-corrected chi connectivity index (χ4v) is 1.82. The van der Waals surface area contributed by atoms with E-state index in [2.05, 4.69) is 20.3 Å². The van der Waals surface area contributed by atoms with Crippen LogP contribution in [-0.2, 0) is 0 Å². The Balaban J connectivity index is 1.94. The summed E-state index contributed by atoms with van der Waals surface area (Å²) in [5.41, 5.74) is 1.97. The van der Waals surface area contributed by atoms with Crippen LogP contribution in [0.2, 0.25) is 0 Å². The highest BCUT2D eigenvalue weighted by atomic mass is 19.1. The van der Waals surface area contributed by atoms with Crippen LogP contribution in [-0.4, -0.2) is 20.9 Å². The third kappa shape index (κ3) is 2.31. The van der Waals surface area contributed by atoms with Gasteiger partial charge in [0.15, 0.2) is 0 Å². The van der Waals surface area contributed by atoms with E-state index in [0.717, 1.165) is 0 Å². The van der Waals surface area contributed by atoms with Crippen molar-refractivity contribution in [2.45, 2.75) is 0 Å². The number of hydrogen-bond acceptors (Lipinski definition) is 4. The van der Waals surface area contributed by atoms with Gasteiger partial charge in [0.25, 0.3) is 5.91 Å². The fraction of sp³-hybridized carbons (Fsp3) is 0. The van der Waals surface area contributed by atoms with Gasteiger partial charge in [-0.3, -0.25) is 14.8 Å². The summed E-state index contributed by atoms with van der Waals surface area (Å²) in [6.45, 7) is 0. The fourth-order valence-electron chi connectivity index (χ4n) is 1.82. The van der Waals surface area contributed by atoms with E-state index < -0.39 is 5.95 Å². The smallest absolute Gasteiger partial charge is 0.257 e. The number of hydrogen-bond donors (Lipinski definition) is 1. The third-order valence-corrected chi connectivity index (χ3v) is 2.73. The number of para-hydroxylation sites is 1. The van der Waals surface area contributed by atoms with E-state index in [0.29, 0.717) is 22.3 Å². The number of rotatable bonds is 2. The van der Waals surface area contributed by atoms with E-state index in [-0.39, 0.29) is 5.91 Å². The molecule has 0 aliphatic carbocycles. The lowest BCUT2D eigenvalue weighted by Gasteiger charge is -2.06. The number of nitrogens with one attached hydrogen (secondary N) is 1. The van der Waals surface area contributed by atoms with Crippen LogP contribution in [0.3, 0.4) is 0 Å². The van der Waals surface area contributed by atoms with Gasteiger partial charge >= 0.3 is 0 Å². The van der Waals surface area contributed by atoms with Crippen LogP contribution in [0.15, 0.2) is 48.9 Å². The molecular weight excluding hydrogens is 259 g/mol. The summed E-state index contributed by atoms with van der Waals surface area (Å²) in [6.07, 6.45) is 4.34. The van der Waals surface area contributed by atoms with Crippen molar-refractivity contribution in [2.24, 2.45) is 0 Å². The number of carbonyl (C=O) groups excluding carboxylic acids is 1. The average Bonchev–Trinajstić information content (AvgIpc) is 2.49. The van der Waals surface area contributed by atoms with E-state index in [9.17, 15) is 9.18 Å². The van der Waals surface area contributed by atoms with E-state index in [1.54, 1.807) is 24.4 Å². The molecule has 20 heavy (non-hydrogen) atoms. The number of benzene rings is 1. The molecule has 98 valence electrons. The summed E-state index contributed by atoms with van der Waals surface area (Å²) in [5, 5.41) is 2.64. The minimum absolute atomic E-state index is 0.343. The quantitative estimate of drug-likeness (QED) is 0.725. The van der Waals surface area contributed by atoms with Crippen LogP contribution >= 0.6 is 0 Å². The van der Waals surface area contributed by atoms with Gasteiger partial charge in [-0.2, -0.15) is 4.39 Å². The van der Waals surface area contributed by atoms with Gasteiger partial charge in [0.05, 0.1) is 23.0 Å².